The average molecular weight is 280 g/mol. The van der Waals surface area contributed by atoms with Gasteiger partial charge in [0.05, 0.1) is 20.3 Å². The first-order valence-corrected chi connectivity index (χ1v) is 7.20. The van der Waals surface area contributed by atoms with Crippen LogP contribution in [0, 0.1) is 5.92 Å². The second-order valence-corrected chi connectivity index (χ2v) is 5.16. The zero-order valence-electron chi connectivity index (χ0n) is 12.3. The van der Waals surface area contributed by atoms with E-state index < -0.39 is 0 Å². The third-order valence-electron chi connectivity index (χ3n) is 3.88. The lowest BCUT2D eigenvalue weighted by atomic mass is 9.84. The summed E-state index contributed by atoms with van der Waals surface area (Å²) in [5.41, 5.74) is 5.91. The Labute approximate surface area is 120 Å². The zero-order chi connectivity index (χ0) is 14.4. The summed E-state index contributed by atoms with van der Waals surface area (Å²) in [6.07, 6.45) is 6.33. The first-order chi connectivity index (χ1) is 9.76. The molecule has 1 aliphatic rings. The molecule has 1 heterocycles. The van der Waals surface area contributed by atoms with Crippen LogP contribution in [0.5, 0.6) is 11.8 Å². The van der Waals surface area contributed by atoms with Crippen molar-refractivity contribution in [2.75, 3.05) is 26.1 Å². The molecular formula is C14H24N4O2. The Balaban J connectivity index is 2.09. The largest absolute Gasteiger partial charge is 0.481 e. The molecule has 1 aliphatic carbocycles. The Kier molecular flexibility index (Phi) is 5.40. The van der Waals surface area contributed by atoms with Gasteiger partial charge in [-0.2, -0.15) is 9.97 Å². The van der Waals surface area contributed by atoms with E-state index in [4.69, 9.17) is 15.2 Å². The quantitative estimate of drug-likeness (QED) is 0.827. The predicted molar refractivity (Wildman–Crippen MR) is 78.2 cm³/mol. The van der Waals surface area contributed by atoms with Crippen LogP contribution in [0.1, 0.15) is 32.1 Å². The number of aromatic nitrogens is 2. The Morgan fingerprint density at radius 1 is 1.20 bits per heavy atom. The maximum atomic E-state index is 5.91. The lowest BCUT2D eigenvalue weighted by molar-refractivity contribution is 0.318. The maximum absolute atomic E-state index is 5.91. The van der Waals surface area contributed by atoms with Gasteiger partial charge in [0.15, 0.2) is 0 Å². The second kappa shape index (κ2) is 7.28. The van der Waals surface area contributed by atoms with Crippen molar-refractivity contribution in [3.05, 3.63) is 6.07 Å². The summed E-state index contributed by atoms with van der Waals surface area (Å²) in [5, 5.41) is 3.34. The van der Waals surface area contributed by atoms with Gasteiger partial charge in [-0.25, -0.2) is 0 Å². The normalized spacial score (nSPS) is 17.6. The molecule has 0 saturated heterocycles. The van der Waals surface area contributed by atoms with Gasteiger partial charge in [0.1, 0.15) is 0 Å². The minimum Gasteiger partial charge on any atom is -0.481 e. The molecular weight excluding hydrogens is 256 g/mol. The van der Waals surface area contributed by atoms with Crippen molar-refractivity contribution < 1.29 is 9.47 Å². The average Bonchev–Trinajstić information content (AvgIpc) is 2.53. The highest BCUT2D eigenvalue weighted by molar-refractivity contribution is 5.34. The van der Waals surface area contributed by atoms with Gasteiger partial charge in [-0.3, -0.25) is 0 Å². The highest BCUT2D eigenvalue weighted by Gasteiger charge is 2.23. The molecule has 3 N–H and O–H groups in total. The van der Waals surface area contributed by atoms with Crippen LogP contribution in [0.4, 0.5) is 5.95 Å². The number of hydrogen-bond donors (Lipinski definition) is 2. The first-order valence-electron chi connectivity index (χ1n) is 7.20. The lowest BCUT2D eigenvalue weighted by Crippen LogP contribution is -2.38. The number of methoxy groups -OCH3 is 2. The lowest BCUT2D eigenvalue weighted by Gasteiger charge is -2.30. The van der Waals surface area contributed by atoms with E-state index >= 15 is 0 Å². The Bertz CT molecular complexity index is 399. The van der Waals surface area contributed by atoms with E-state index in [0.29, 0.717) is 30.2 Å². The second-order valence-electron chi connectivity index (χ2n) is 5.16. The van der Waals surface area contributed by atoms with E-state index in [2.05, 4.69) is 15.3 Å². The molecule has 1 aromatic heterocycles. The third-order valence-corrected chi connectivity index (χ3v) is 3.88. The van der Waals surface area contributed by atoms with Crippen LogP contribution in [-0.4, -0.2) is 36.8 Å². The molecule has 0 radical (unpaired) electrons. The van der Waals surface area contributed by atoms with Crippen LogP contribution < -0.4 is 20.5 Å². The number of hydrogen-bond acceptors (Lipinski definition) is 6. The predicted octanol–water partition coefficient (Wildman–Crippen LogP) is 1.81. The molecule has 1 unspecified atom stereocenters. The van der Waals surface area contributed by atoms with Gasteiger partial charge in [0.2, 0.25) is 17.7 Å². The molecule has 6 nitrogen and oxygen atoms in total. The highest BCUT2D eigenvalue weighted by atomic mass is 16.5. The molecule has 1 aromatic rings. The van der Waals surface area contributed by atoms with Gasteiger partial charge in [-0.05, 0) is 18.8 Å². The van der Waals surface area contributed by atoms with Gasteiger partial charge in [-0.1, -0.05) is 19.3 Å². The fourth-order valence-corrected chi connectivity index (χ4v) is 2.75. The smallest absolute Gasteiger partial charge is 0.229 e. The van der Waals surface area contributed by atoms with E-state index in [1.807, 2.05) is 0 Å². The van der Waals surface area contributed by atoms with Crippen LogP contribution in [0.15, 0.2) is 6.07 Å². The van der Waals surface area contributed by atoms with Crippen LogP contribution in [0.25, 0.3) is 0 Å². The highest BCUT2D eigenvalue weighted by Crippen LogP contribution is 2.28. The minimum absolute atomic E-state index is 0.201. The van der Waals surface area contributed by atoms with Crippen LogP contribution in [-0.2, 0) is 0 Å². The van der Waals surface area contributed by atoms with Crippen molar-refractivity contribution in [3.8, 4) is 11.8 Å². The number of anilines is 1. The van der Waals surface area contributed by atoms with Crippen molar-refractivity contribution in [3.63, 3.8) is 0 Å². The minimum atomic E-state index is 0.201. The standard InChI is InChI=1S/C14H24N4O2/c1-19-12-8-13(20-2)18-14(17-12)16-11(9-15)10-6-4-3-5-7-10/h8,10-11H,3-7,9,15H2,1-2H3,(H,16,17,18). The molecule has 1 saturated carbocycles. The Hall–Kier alpha value is -1.56. The molecule has 20 heavy (non-hydrogen) atoms. The fraction of sp³-hybridized carbons (Fsp3) is 0.714. The van der Waals surface area contributed by atoms with Crippen molar-refractivity contribution >= 4 is 5.95 Å². The summed E-state index contributed by atoms with van der Waals surface area (Å²) < 4.78 is 10.3. The molecule has 1 atom stereocenters. The molecule has 0 aliphatic heterocycles. The maximum Gasteiger partial charge on any atom is 0.229 e. The summed E-state index contributed by atoms with van der Waals surface area (Å²) in [5.74, 6) is 2.08. The summed E-state index contributed by atoms with van der Waals surface area (Å²) in [7, 11) is 3.15. The number of rotatable bonds is 6. The van der Waals surface area contributed by atoms with Crippen LogP contribution in [0.3, 0.4) is 0 Å². The number of nitrogens with two attached hydrogens (primary N) is 1. The summed E-state index contributed by atoms with van der Waals surface area (Å²) in [6, 6.07) is 1.86. The van der Waals surface area contributed by atoms with Crippen molar-refractivity contribution in [1.82, 2.24) is 9.97 Å². The summed E-state index contributed by atoms with van der Waals surface area (Å²) >= 11 is 0. The molecule has 0 amide bonds. The van der Waals surface area contributed by atoms with Crippen molar-refractivity contribution in [2.45, 2.75) is 38.1 Å². The van der Waals surface area contributed by atoms with E-state index in [0.717, 1.165) is 0 Å². The molecule has 0 spiro atoms. The number of ether oxygens (including phenoxy) is 2. The van der Waals surface area contributed by atoms with Crippen molar-refractivity contribution in [1.29, 1.82) is 0 Å². The SMILES string of the molecule is COc1cc(OC)nc(NC(CN)C2CCCCC2)n1. The molecule has 6 heteroatoms. The summed E-state index contributed by atoms with van der Waals surface area (Å²) in [6.45, 7) is 0.577. The first kappa shape index (κ1) is 14.8. The molecule has 0 bridgehead atoms. The monoisotopic (exact) mass is 280 g/mol. The molecule has 0 aromatic carbocycles. The van der Waals surface area contributed by atoms with Gasteiger partial charge >= 0.3 is 0 Å². The van der Waals surface area contributed by atoms with Gasteiger partial charge in [-0.15, -0.1) is 0 Å². The third kappa shape index (κ3) is 3.72. The topological polar surface area (TPSA) is 82.3 Å². The van der Waals surface area contributed by atoms with E-state index in [9.17, 15) is 0 Å². The van der Waals surface area contributed by atoms with E-state index in [-0.39, 0.29) is 6.04 Å². The van der Waals surface area contributed by atoms with Gasteiger partial charge in [0.25, 0.3) is 0 Å². The molecule has 1 fully saturated rings. The number of nitrogens with zero attached hydrogens (tertiary/aromatic N) is 2. The molecule has 2 rings (SSSR count). The van der Waals surface area contributed by atoms with Crippen LogP contribution in [0.2, 0.25) is 0 Å². The van der Waals surface area contributed by atoms with E-state index in [1.54, 1.807) is 20.3 Å². The molecule has 112 valence electrons. The van der Waals surface area contributed by atoms with Crippen molar-refractivity contribution in [2.24, 2.45) is 11.7 Å². The fourth-order valence-electron chi connectivity index (χ4n) is 2.75. The Morgan fingerprint density at radius 3 is 2.30 bits per heavy atom. The number of nitrogens with one attached hydrogen (secondary N) is 1. The van der Waals surface area contributed by atoms with E-state index in [1.165, 1.54) is 32.1 Å². The van der Waals surface area contributed by atoms with Gasteiger partial charge in [0, 0.05) is 12.6 Å². The summed E-state index contributed by atoms with van der Waals surface area (Å²) in [4.78, 5) is 8.60. The zero-order valence-corrected chi connectivity index (χ0v) is 12.3. The van der Waals surface area contributed by atoms with Crippen LogP contribution >= 0.6 is 0 Å². The Morgan fingerprint density at radius 2 is 1.80 bits per heavy atom. The van der Waals surface area contributed by atoms with Gasteiger partial charge < -0.3 is 20.5 Å².